The average molecular weight is 191 g/mol. The minimum Gasteiger partial charge on any atom is -0.322 e. The van der Waals surface area contributed by atoms with Crippen LogP contribution in [-0.4, -0.2) is 0 Å². The monoisotopic (exact) mass is 191 g/mol. The molecule has 0 amide bonds. The normalized spacial score (nSPS) is 11.7. The van der Waals surface area contributed by atoms with Gasteiger partial charge in [0, 0.05) is 5.54 Å². The van der Waals surface area contributed by atoms with Crippen LogP contribution >= 0.6 is 0 Å². The fourth-order valence-electron chi connectivity index (χ4n) is 1.48. The number of nitrogens with two attached hydrogens (primary N) is 1. The highest BCUT2D eigenvalue weighted by molar-refractivity contribution is 5.27. The van der Waals surface area contributed by atoms with Crippen molar-refractivity contribution in [2.45, 2.75) is 45.6 Å². The number of rotatable bonds is 4. The Morgan fingerprint density at radius 1 is 1.14 bits per heavy atom. The van der Waals surface area contributed by atoms with Crippen molar-refractivity contribution in [1.82, 2.24) is 0 Å². The average Bonchev–Trinajstić information content (AvgIpc) is 2.14. The SMILES string of the molecule is CCCCc1ccc(C(C)(C)N)cc1. The summed E-state index contributed by atoms with van der Waals surface area (Å²) in [5.74, 6) is 0. The molecule has 0 saturated heterocycles. The number of hydrogen-bond acceptors (Lipinski definition) is 1. The van der Waals surface area contributed by atoms with Gasteiger partial charge in [0.25, 0.3) is 0 Å². The molecular formula is C13H21N. The summed E-state index contributed by atoms with van der Waals surface area (Å²) in [6, 6.07) is 8.68. The molecule has 1 aromatic rings. The van der Waals surface area contributed by atoms with Gasteiger partial charge in [-0.2, -0.15) is 0 Å². The zero-order chi connectivity index (χ0) is 10.6. The summed E-state index contributed by atoms with van der Waals surface area (Å²) in [6.07, 6.45) is 3.71. The highest BCUT2D eigenvalue weighted by Crippen LogP contribution is 2.17. The van der Waals surface area contributed by atoms with Gasteiger partial charge in [0.2, 0.25) is 0 Å². The fraction of sp³-hybridized carbons (Fsp3) is 0.538. The number of hydrogen-bond donors (Lipinski definition) is 1. The molecule has 0 bridgehead atoms. The van der Waals surface area contributed by atoms with Crippen LogP contribution in [0.25, 0.3) is 0 Å². The minimum atomic E-state index is -0.219. The van der Waals surface area contributed by atoms with Crippen molar-refractivity contribution in [2.24, 2.45) is 5.73 Å². The third kappa shape index (κ3) is 3.15. The van der Waals surface area contributed by atoms with Crippen molar-refractivity contribution < 1.29 is 0 Å². The molecule has 0 heterocycles. The van der Waals surface area contributed by atoms with E-state index < -0.39 is 0 Å². The van der Waals surface area contributed by atoms with Gasteiger partial charge in [-0.1, -0.05) is 37.6 Å². The van der Waals surface area contributed by atoms with Gasteiger partial charge in [0.1, 0.15) is 0 Å². The van der Waals surface area contributed by atoms with Crippen LogP contribution in [0, 0.1) is 0 Å². The van der Waals surface area contributed by atoms with Gasteiger partial charge in [-0.3, -0.25) is 0 Å². The summed E-state index contributed by atoms with van der Waals surface area (Å²) in [6.45, 7) is 6.29. The third-order valence-electron chi connectivity index (χ3n) is 2.52. The van der Waals surface area contributed by atoms with E-state index in [4.69, 9.17) is 5.73 Å². The second-order valence-corrected chi connectivity index (χ2v) is 4.52. The van der Waals surface area contributed by atoms with Crippen molar-refractivity contribution >= 4 is 0 Å². The minimum absolute atomic E-state index is 0.219. The molecule has 0 aromatic heterocycles. The van der Waals surface area contributed by atoms with Crippen LogP contribution in [0.4, 0.5) is 0 Å². The Kier molecular flexibility index (Phi) is 3.70. The van der Waals surface area contributed by atoms with E-state index in [0.29, 0.717) is 0 Å². The molecule has 0 fully saturated rings. The van der Waals surface area contributed by atoms with Crippen molar-refractivity contribution in [3.8, 4) is 0 Å². The molecule has 0 aliphatic carbocycles. The van der Waals surface area contributed by atoms with E-state index in [2.05, 4.69) is 31.2 Å². The van der Waals surface area contributed by atoms with E-state index >= 15 is 0 Å². The van der Waals surface area contributed by atoms with E-state index in [1.807, 2.05) is 13.8 Å². The Labute approximate surface area is 87.3 Å². The molecule has 14 heavy (non-hydrogen) atoms. The zero-order valence-corrected chi connectivity index (χ0v) is 9.51. The molecule has 0 aliphatic heterocycles. The fourth-order valence-corrected chi connectivity index (χ4v) is 1.48. The van der Waals surface area contributed by atoms with Gasteiger partial charge >= 0.3 is 0 Å². The number of aryl methyl sites for hydroxylation is 1. The molecule has 2 N–H and O–H groups in total. The molecule has 0 unspecified atom stereocenters. The zero-order valence-electron chi connectivity index (χ0n) is 9.51. The van der Waals surface area contributed by atoms with Gasteiger partial charge in [-0.15, -0.1) is 0 Å². The Hall–Kier alpha value is -0.820. The Bertz CT molecular complexity index is 266. The smallest absolute Gasteiger partial charge is 0.0352 e. The molecule has 0 radical (unpaired) electrons. The largest absolute Gasteiger partial charge is 0.322 e. The number of unbranched alkanes of at least 4 members (excludes halogenated alkanes) is 1. The summed E-state index contributed by atoms with van der Waals surface area (Å²) >= 11 is 0. The lowest BCUT2D eigenvalue weighted by Crippen LogP contribution is -2.28. The molecule has 0 aliphatic rings. The standard InChI is InChI=1S/C13H21N/c1-4-5-6-11-7-9-12(10-8-11)13(2,3)14/h7-10H,4-6,14H2,1-3H3. The molecule has 1 aromatic carbocycles. The first-order chi connectivity index (χ1) is 6.54. The molecule has 0 atom stereocenters. The molecule has 1 heteroatoms. The van der Waals surface area contributed by atoms with E-state index in [0.717, 1.165) is 0 Å². The highest BCUT2D eigenvalue weighted by atomic mass is 14.7. The van der Waals surface area contributed by atoms with Gasteiger partial charge in [-0.25, -0.2) is 0 Å². The van der Waals surface area contributed by atoms with Gasteiger partial charge in [0.05, 0.1) is 0 Å². The van der Waals surface area contributed by atoms with Gasteiger partial charge < -0.3 is 5.73 Å². The second kappa shape index (κ2) is 4.61. The Morgan fingerprint density at radius 3 is 2.14 bits per heavy atom. The Balaban J connectivity index is 2.69. The maximum absolute atomic E-state index is 6.01. The first-order valence-electron chi connectivity index (χ1n) is 5.42. The van der Waals surface area contributed by atoms with Crippen molar-refractivity contribution in [3.05, 3.63) is 35.4 Å². The second-order valence-electron chi connectivity index (χ2n) is 4.52. The lowest BCUT2D eigenvalue weighted by molar-refractivity contribution is 0.554. The van der Waals surface area contributed by atoms with E-state index in [9.17, 15) is 0 Å². The van der Waals surface area contributed by atoms with Gasteiger partial charge in [-0.05, 0) is 37.8 Å². The molecule has 0 saturated carbocycles. The molecular weight excluding hydrogens is 170 g/mol. The summed E-state index contributed by atoms with van der Waals surface area (Å²) in [7, 11) is 0. The maximum Gasteiger partial charge on any atom is 0.0352 e. The summed E-state index contributed by atoms with van der Waals surface area (Å²) < 4.78 is 0. The van der Waals surface area contributed by atoms with Crippen LogP contribution < -0.4 is 5.73 Å². The van der Waals surface area contributed by atoms with E-state index in [1.54, 1.807) is 0 Å². The quantitative estimate of drug-likeness (QED) is 0.777. The maximum atomic E-state index is 6.01. The van der Waals surface area contributed by atoms with Crippen LogP contribution in [0.15, 0.2) is 24.3 Å². The number of benzene rings is 1. The lowest BCUT2D eigenvalue weighted by atomic mass is 9.94. The summed E-state index contributed by atoms with van der Waals surface area (Å²) in [5, 5.41) is 0. The summed E-state index contributed by atoms with van der Waals surface area (Å²) in [5.41, 5.74) is 8.41. The molecule has 0 spiro atoms. The van der Waals surface area contributed by atoms with Crippen LogP contribution in [0.3, 0.4) is 0 Å². The third-order valence-corrected chi connectivity index (χ3v) is 2.52. The topological polar surface area (TPSA) is 26.0 Å². The predicted molar refractivity (Wildman–Crippen MR) is 62.3 cm³/mol. The van der Waals surface area contributed by atoms with E-state index in [1.165, 1.54) is 30.4 Å². The Morgan fingerprint density at radius 2 is 1.71 bits per heavy atom. The molecule has 1 rings (SSSR count). The molecule has 78 valence electrons. The van der Waals surface area contributed by atoms with Crippen LogP contribution in [0.5, 0.6) is 0 Å². The van der Waals surface area contributed by atoms with Crippen LogP contribution in [0.2, 0.25) is 0 Å². The lowest BCUT2D eigenvalue weighted by Gasteiger charge is -2.19. The van der Waals surface area contributed by atoms with Crippen LogP contribution in [-0.2, 0) is 12.0 Å². The van der Waals surface area contributed by atoms with Gasteiger partial charge in [0.15, 0.2) is 0 Å². The summed E-state index contributed by atoms with van der Waals surface area (Å²) in [4.78, 5) is 0. The van der Waals surface area contributed by atoms with Crippen molar-refractivity contribution in [2.75, 3.05) is 0 Å². The first kappa shape index (κ1) is 11.3. The van der Waals surface area contributed by atoms with Crippen molar-refractivity contribution in [1.29, 1.82) is 0 Å². The predicted octanol–water partition coefficient (Wildman–Crippen LogP) is 3.22. The first-order valence-corrected chi connectivity index (χ1v) is 5.42. The highest BCUT2D eigenvalue weighted by Gasteiger charge is 2.12. The van der Waals surface area contributed by atoms with Crippen molar-refractivity contribution in [3.63, 3.8) is 0 Å². The van der Waals surface area contributed by atoms with E-state index in [-0.39, 0.29) is 5.54 Å². The van der Waals surface area contributed by atoms with Crippen LogP contribution in [0.1, 0.15) is 44.7 Å². The molecule has 1 nitrogen and oxygen atoms in total.